The highest BCUT2D eigenvalue weighted by molar-refractivity contribution is 6.09. The first-order chi connectivity index (χ1) is 11.1. The number of methoxy groups -OCH3 is 1. The average Bonchev–Trinajstić information content (AvgIpc) is 2.56. The molecule has 0 atom stereocenters. The fourth-order valence-electron chi connectivity index (χ4n) is 1.90. The molecule has 118 valence electrons. The van der Waals surface area contributed by atoms with Crippen LogP contribution in [0.15, 0.2) is 60.2 Å². The molecule has 0 radical (unpaired) electrons. The molecule has 0 aliphatic rings. The first kappa shape index (κ1) is 16.3. The molecule has 2 aromatic rings. The van der Waals surface area contributed by atoms with E-state index in [0.29, 0.717) is 17.0 Å². The first-order valence-electron chi connectivity index (χ1n) is 7.08. The number of imide groups is 1. The van der Waals surface area contributed by atoms with Crippen LogP contribution in [0.2, 0.25) is 0 Å². The summed E-state index contributed by atoms with van der Waals surface area (Å²) in [5.74, 6) is 0.244. The predicted molar refractivity (Wildman–Crippen MR) is 90.2 cm³/mol. The van der Waals surface area contributed by atoms with Crippen molar-refractivity contribution in [3.05, 3.63) is 65.7 Å². The summed E-state index contributed by atoms with van der Waals surface area (Å²) in [6.07, 6.45) is 1.72. The lowest BCUT2D eigenvalue weighted by molar-refractivity contribution is -0.116. The number of anilines is 1. The van der Waals surface area contributed by atoms with E-state index in [0.717, 1.165) is 5.56 Å². The molecule has 0 aromatic heterocycles. The van der Waals surface area contributed by atoms with Crippen molar-refractivity contribution >= 4 is 23.7 Å². The van der Waals surface area contributed by atoms with E-state index in [-0.39, 0.29) is 0 Å². The van der Waals surface area contributed by atoms with Gasteiger partial charge in [0.2, 0.25) is 0 Å². The van der Waals surface area contributed by atoms with Crippen LogP contribution < -0.4 is 15.4 Å². The fraction of sp³-hybridized carbons (Fsp3) is 0.111. The van der Waals surface area contributed by atoms with Crippen LogP contribution in [0.25, 0.3) is 6.08 Å². The van der Waals surface area contributed by atoms with Crippen LogP contribution in [-0.2, 0) is 4.79 Å². The molecule has 2 rings (SSSR count). The van der Waals surface area contributed by atoms with E-state index in [2.05, 4.69) is 10.6 Å². The molecule has 0 heterocycles. The van der Waals surface area contributed by atoms with Crippen LogP contribution in [0.3, 0.4) is 0 Å². The predicted octanol–water partition coefficient (Wildman–Crippen LogP) is 3.45. The van der Waals surface area contributed by atoms with Gasteiger partial charge in [0.1, 0.15) is 5.75 Å². The summed E-state index contributed by atoms with van der Waals surface area (Å²) in [6.45, 7) is 1.66. The number of amides is 3. The topological polar surface area (TPSA) is 67.4 Å². The molecule has 0 saturated carbocycles. The lowest BCUT2D eigenvalue weighted by Crippen LogP contribution is -2.34. The van der Waals surface area contributed by atoms with Crippen LogP contribution in [-0.4, -0.2) is 19.0 Å². The van der Waals surface area contributed by atoms with Crippen molar-refractivity contribution in [3.8, 4) is 5.75 Å². The number of ether oxygens (including phenoxy) is 1. The lowest BCUT2D eigenvalue weighted by atomic mass is 10.1. The van der Waals surface area contributed by atoms with Crippen molar-refractivity contribution in [2.75, 3.05) is 12.4 Å². The number of benzene rings is 2. The summed E-state index contributed by atoms with van der Waals surface area (Å²) in [6, 6.07) is 15.7. The Morgan fingerprint density at radius 2 is 1.65 bits per heavy atom. The Hall–Kier alpha value is -3.08. The van der Waals surface area contributed by atoms with Crippen molar-refractivity contribution in [1.82, 2.24) is 5.32 Å². The maximum Gasteiger partial charge on any atom is 0.326 e. The van der Waals surface area contributed by atoms with Crippen molar-refractivity contribution in [2.24, 2.45) is 0 Å². The molecule has 5 heteroatoms. The van der Waals surface area contributed by atoms with E-state index in [1.54, 1.807) is 44.4 Å². The Labute approximate surface area is 135 Å². The molecular formula is C18H18N2O3. The molecule has 2 aromatic carbocycles. The molecule has 2 N–H and O–H groups in total. The summed E-state index contributed by atoms with van der Waals surface area (Å²) in [5, 5.41) is 4.88. The Morgan fingerprint density at radius 1 is 1.00 bits per heavy atom. The monoisotopic (exact) mass is 310 g/mol. The average molecular weight is 310 g/mol. The third kappa shape index (κ3) is 5.00. The summed E-state index contributed by atoms with van der Waals surface area (Å²) in [5.41, 5.74) is 1.91. The second-order valence-corrected chi connectivity index (χ2v) is 4.87. The van der Waals surface area contributed by atoms with E-state index in [9.17, 15) is 9.59 Å². The van der Waals surface area contributed by atoms with Crippen LogP contribution in [0.5, 0.6) is 5.75 Å². The second kappa shape index (κ2) is 7.79. The van der Waals surface area contributed by atoms with Crippen molar-refractivity contribution in [2.45, 2.75) is 6.92 Å². The van der Waals surface area contributed by atoms with Gasteiger partial charge < -0.3 is 10.1 Å². The van der Waals surface area contributed by atoms with Crippen LogP contribution in [0.1, 0.15) is 12.5 Å². The summed E-state index contributed by atoms with van der Waals surface area (Å²) in [4.78, 5) is 23.8. The molecule has 0 aliphatic carbocycles. The summed E-state index contributed by atoms with van der Waals surface area (Å²) < 4.78 is 5.04. The number of nitrogens with one attached hydrogen (secondary N) is 2. The lowest BCUT2D eigenvalue weighted by Gasteiger charge is -2.08. The Kier molecular flexibility index (Phi) is 5.52. The highest BCUT2D eigenvalue weighted by Crippen LogP contribution is 2.14. The summed E-state index contributed by atoms with van der Waals surface area (Å²) in [7, 11) is 1.57. The van der Waals surface area contributed by atoms with E-state index >= 15 is 0 Å². The van der Waals surface area contributed by atoms with Gasteiger partial charge in [0, 0.05) is 11.3 Å². The minimum atomic E-state index is -0.582. The number of carbonyl (C=O) groups excluding carboxylic acids is 2. The fourth-order valence-corrected chi connectivity index (χ4v) is 1.90. The zero-order valence-electron chi connectivity index (χ0n) is 13.0. The second-order valence-electron chi connectivity index (χ2n) is 4.87. The SMILES string of the molecule is COc1ccc(NC(=O)NC(=O)C(C)=Cc2ccccc2)cc1. The molecule has 0 bridgehead atoms. The number of urea groups is 1. The number of hydrogen-bond donors (Lipinski definition) is 2. The molecule has 0 saturated heterocycles. The van der Waals surface area contributed by atoms with Crippen LogP contribution in [0.4, 0.5) is 10.5 Å². The number of hydrogen-bond acceptors (Lipinski definition) is 3. The third-order valence-corrected chi connectivity index (χ3v) is 3.12. The van der Waals surface area contributed by atoms with Gasteiger partial charge in [-0.1, -0.05) is 30.3 Å². The molecule has 3 amide bonds. The van der Waals surface area contributed by atoms with Crippen LogP contribution >= 0.6 is 0 Å². The van der Waals surface area contributed by atoms with Gasteiger partial charge in [0.15, 0.2) is 0 Å². The maximum atomic E-state index is 12.0. The molecule has 0 aliphatic heterocycles. The zero-order valence-corrected chi connectivity index (χ0v) is 13.0. The molecule has 0 unspecified atom stereocenters. The number of rotatable bonds is 4. The first-order valence-corrected chi connectivity index (χ1v) is 7.08. The standard InChI is InChI=1S/C18H18N2O3/c1-13(12-14-6-4-3-5-7-14)17(21)20-18(22)19-15-8-10-16(23-2)11-9-15/h3-12H,1-2H3,(H2,19,20,21,22). The van der Waals surface area contributed by atoms with Gasteiger partial charge in [-0.25, -0.2) is 4.79 Å². The van der Waals surface area contributed by atoms with E-state index < -0.39 is 11.9 Å². The van der Waals surface area contributed by atoms with Gasteiger partial charge in [0.25, 0.3) is 5.91 Å². The summed E-state index contributed by atoms with van der Waals surface area (Å²) >= 11 is 0. The smallest absolute Gasteiger partial charge is 0.326 e. The van der Waals surface area contributed by atoms with Gasteiger partial charge in [-0.3, -0.25) is 10.1 Å². The Morgan fingerprint density at radius 3 is 2.26 bits per heavy atom. The molecule has 23 heavy (non-hydrogen) atoms. The molecule has 0 spiro atoms. The van der Waals surface area contributed by atoms with Crippen molar-refractivity contribution < 1.29 is 14.3 Å². The normalized spacial score (nSPS) is 10.8. The molecule has 5 nitrogen and oxygen atoms in total. The largest absolute Gasteiger partial charge is 0.497 e. The Bertz CT molecular complexity index is 707. The van der Waals surface area contributed by atoms with E-state index in [1.165, 1.54) is 0 Å². The number of carbonyl (C=O) groups is 2. The van der Waals surface area contributed by atoms with Crippen molar-refractivity contribution in [3.63, 3.8) is 0 Å². The van der Waals surface area contributed by atoms with Gasteiger partial charge in [-0.2, -0.15) is 0 Å². The van der Waals surface area contributed by atoms with E-state index in [4.69, 9.17) is 4.74 Å². The van der Waals surface area contributed by atoms with Crippen molar-refractivity contribution in [1.29, 1.82) is 0 Å². The van der Waals surface area contributed by atoms with Gasteiger partial charge in [-0.15, -0.1) is 0 Å². The highest BCUT2D eigenvalue weighted by Gasteiger charge is 2.09. The minimum Gasteiger partial charge on any atom is -0.497 e. The Balaban J connectivity index is 1.93. The zero-order chi connectivity index (χ0) is 16.7. The highest BCUT2D eigenvalue weighted by atomic mass is 16.5. The molecular weight excluding hydrogens is 292 g/mol. The van der Waals surface area contributed by atoms with E-state index in [1.807, 2.05) is 30.3 Å². The quantitative estimate of drug-likeness (QED) is 0.850. The third-order valence-electron chi connectivity index (χ3n) is 3.12. The van der Waals surface area contributed by atoms with Crippen LogP contribution in [0, 0.1) is 0 Å². The van der Waals surface area contributed by atoms with Gasteiger partial charge >= 0.3 is 6.03 Å². The maximum absolute atomic E-state index is 12.0. The van der Waals surface area contributed by atoms with Gasteiger partial charge in [0.05, 0.1) is 7.11 Å². The van der Waals surface area contributed by atoms with Gasteiger partial charge in [-0.05, 0) is 42.8 Å². The minimum absolute atomic E-state index is 0.445. The molecule has 0 fully saturated rings.